The fourth-order valence-electron chi connectivity index (χ4n) is 1.45. The van der Waals surface area contributed by atoms with E-state index < -0.39 is 16.8 Å². The molecule has 1 amide bonds. The second-order valence-electron chi connectivity index (χ2n) is 4.45. The van der Waals surface area contributed by atoms with Crippen LogP contribution < -0.4 is 5.32 Å². The van der Waals surface area contributed by atoms with Gasteiger partial charge in [-0.3, -0.25) is 4.79 Å². The van der Waals surface area contributed by atoms with Gasteiger partial charge in [-0.1, -0.05) is 18.2 Å². The standard InChI is InChI=1S/C13H17NO3S/c1-13(2,18)10(12(16)17-3)14-11(15)9-7-5-4-6-8-9/h4-8,10,18H,1-3H3,(H,14,15). The van der Waals surface area contributed by atoms with Crippen LogP contribution in [0.1, 0.15) is 24.2 Å². The summed E-state index contributed by atoms with van der Waals surface area (Å²) < 4.78 is 3.96. The van der Waals surface area contributed by atoms with Gasteiger partial charge < -0.3 is 10.1 Å². The lowest BCUT2D eigenvalue weighted by Crippen LogP contribution is -2.52. The minimum atomic E-state index is -0.807. The summed E-state index contributed by atoms with van der Waals surface area (Å²) in [6, 6.07) is 7.88. The Balaban J connectivity index is 2.86. The van der Waals surface area contributed by atoms with Crippen molar-refractivity contribution in [2.45, 2.75) is 24.6 Å². The highest BCUT2D eigenvalue weighted by Crippen LogP contribution is 2.19. The molecule has 0 aliphatic carbocycles. The van der Waals surface area contributed by atoms with E-state index in [2.05, 4.69) is 22.7 Å². The van der Waals surface area contributed by atoms with Crippen LogP contribution in [0.25, 0.3) is 0 Å². The predicted molar refractivity (Wildman–Crippen MR) is 72.8 cm³/mol. The molecular formula is C13H17NO3S. The summed E-state index contributed by atoms with van der Waals surface area (Å²) in [7, 11) is 1.28. The molecule has 98 valence electrons. The first-order valence-corrected chi connectivity index (χ1v) is 5.97. The molecule has 0 radical (unpaired) electrons. The maximum absolute atomic E-state index is 12.0. The van der Waals surface area contributed by atoms with Gasteiger partial charge in [-0.15, -0.1) is 0 Å². The molecule has 0 saturated carbocycles. The first-order chi connectivity index (χ1) is 8.36. The topological polar surface area (TPSA) is 55.4 Å². The lowest BCUT2D eigenvalue weighted by atomic mass is 10.0. The van der Waals surface area contributed by atoms with Crippen molar-refractivity contribution in [1.29, 1.82) is 0 Å². The van der Waals surface area contributed by atoms with Crippen molar-refractivity contribution in [1.82, 2.24) is 5.32 Å². The van der Waals surface area contributed by atoms with Crippen molar-refractivity contribution >= 4 is 24.5 Å². The Morgan fingerprint density at radius 3 is 2.28 bits per heavy atom. The number of methoxy groups -OCH3 is 1. The molecule has 0 spiro atoms. The number of rotatable bonds is 4. The van der Waals surface area contributed by atoms with Gasteiger partial charge in [-0.2, -0.15) is 12.6 Å². The molecule has 0 fully saturated rings. The summed E-state index contributed by atoms with van der Waals surface area (Å²) in [6.07, 6.45) is 0. The second kappa shape index (κ2) is 5.91. The minimum absolute atomic E-state index is 0.326. The van der Waals surface area contributed by atoms with E-state index in [1.165, 1.54) is 7.11 Å². The number of nitrogens with one attached hydrogen (secondary N) is 1. The van der Waals surface area contributed by atoms with E-state index in [0.717, 1.165) is 0 Å². The number of amides is 1. The fraction of sp³-hybridized carbons (Fsp3) is 0.385. The molecule has 1 aromatic carbocycles. The molecule has 0 aliphatic heterocycles. The molecule has 1 atom stereocenters. The van der Waals surface area contributed by atoms with Gasteiger partial charge in [0.2, 0.25) is 0 Å². The Bertz CT molecular complexity index is 426. The Hall–Kier alpha value is -1.49. The zero-order valence-electron chi connectivity index (χ0n) is 10.6. The maximum atomic E-state index is 12.0. The number of hydrogen-bond acceptors (Lipinski definition) is 4. The first-order valence-electron chi connectivity index (χ1n) is 5.52. The average molecular weight is 267 g/mol. The Morgan fingerprint density at radius 2 is 1.83 bits per heavy atom. The van der Waals surface area contributed by atoms with Crippen molar-refractivity contribution in [3.8, 4) is 0 Å². The number of ether oxygens (including phenoxy) is 1. The van der Waals surface area contributed by atoms with E-state index in [-0.39, 0.29) is 5.91 Å². The number of thiol groups is 1. The predicted octanol–water partition coefficient (Wildman–Crippen LogP) is 1.67. The Kier molecular flexibility index (Phi) is 4.78. The maximum Gasteiger partial charge on any atom is 0.329 e. The molecule has 0 aliphatic rings. The highest BCUT2D eigenvalue weighted by atomic mass is 32.1. The Morgan fingerprint density at radius 1 is 1.28 bits per heavy atom. The lowest BCUT2D eigenvalue weighted by Gasteiger charge is -2.28. The lowest BCUT2D eigenvalue weighted by molar-refractivity contribution is -0.143. The molecule has 1 unspecified atom stereocenters. The van der Waals surface area contributed by atoms with Gasteiger partial charge in [0.25, 0.3) is 5.91 Å². The van der Waals surface area contributed by atoms with E-state index in [0.29, 0.717) is 5.56 Å². The smallest absolute Gasteiger partial charge is 0.329 e. The molecule has 4 nitrogen and oxygen atoms in total. The normalized spacial score (nSPS) is 12.7. The monoisotopic (exact) mass is 267 g/mol. The highest BCUT2D eigenvalue weighted by Gasteiger charge is 2.34. The van der Waals surface area contributed by atoms with Crippen molar-refractivity contribution in [3.63, 3.8) is 0 Å². The third kappa shape index (κ3) is 3.77. The van der Waals surface area contributed by atoms with Crippen LogP contribution in [0.2, 0.25) is 0 Å². The summed E-state index contributed by atoms with van der Waals surface area (Å²) in [5.41, 5.74) is 0.490. The number of carbonyl (C=O) groups excluding carboxylic acids is 2. The van der Waals surface area contributed by atoms with Gasteiger partial charge in [-0.05, 0) is 26.0 Å². The molecule has 18 heavy (non-hydrogen) atoms. The summed E-state index contributed by atoms with van der Waals surface area (Å²) in [5.74, 6) is -0.840. The molecule has 0 saturated heterocycles. The minimum Gasteiger partial charge on any atom is -0.467 e. The van der Waals surface area contributed by atoms with Crippen LogP contribution in [0.15, 0.2) is 30.3 Å². The van der Waals surface area contributed by atoms with E-state index in [1.54, 1.807) is 38.1 Å². The molecule has 1 aromatic rings. The third-order valence-corrected chi connectivity index (χ3v) is 2.71. The van der Waals surface area contributed by atoms with Crippen LogP contribution in [0, 0.1) is 0 Å². The van der Waals surface area contributed by atoms with E-state index in [1.807, 2.05) is 6.07 Å². The molecular weight excluding hydrogens is 250 g/mol. The zero-order valence-corrected chi connectivity index (χ0v) is 11.5. The number of carbonyl (C=O) groups is 2. The molecule has 0 heterocycles. The largest absolute Gasteiger partial charge is 0.467 e. The first kappa shape index (κ1) is 14.6. The summed E-state index contributed by atoms with van der Waals surface area (Å²) in [5, 5.41) is 2.63. The highest BCUT2D eigenvalue weighted by molar-refractivity contribution is 7.81. The van der Waals surface area contributed by atoms with E-state index in [9.17, 15) is 9.59 Å². The fourth-order valence-corrected chi connectivity index (χ4v) is 1.62. The van der Waals surface area contributed by atoms with Gasteiger partial charge >= 0.3 is 5.97 Å². The van der Waals surface area contributed by atoms with Crippen molar-refractivity contribution in [3.05, 3.63) is 35.9 Å². The number of esters is 1. The van der Waals surface area contributed by atoms with Gasteiger partial charge in [-0.25, -0.2) is 4.79 Å². The Labute approximate surface area is 112 Å². The van der Waals surface area contributed by atoms with Gasteiger partial charge in [0.05, 0.1) is 7.11 Å². The van der Waals surface area contributed by atoms with Gasteiger partial charge in [0.1, 0.15) is 6.04 Å². The van der Waals surface area contributed by atoms with Crippen LogP contribution in [0.4, 0.5) is 0 Å². The molecule has 1 rings (SSSR count). The summed E-state index contributed by atoms with van der Waals surface area (Å²) in [4.78, 5) is 23.6. The zero-order chi connectivity index (χ0) is 13.8. The molecule has 5 heteroatoms. The van der Waals surface area contributed by atoms with Crippen molar-refractivity contribution in [2.24, 2.45) is 0 Å². The SMILES string of the molecule is COC(=O)C(NC(=O)c1ccccc1)C(C)(C)S. The number of hydrogen-bond donors (Lipinski definition) is 2. The van der Waals surface area contributed by atoms with Crippen LogP contribution in [0.5, 0.6) is 0 Å². The summed E-state index contributed by atoms with van der Waals surface area (Å²) >= 11 is 4.31. The molecule has 0 aromatic heterocycles. The second-order valence-corrected chi connectivity index (χ2v) is 5.60. The van der Waals surface area contributed by atoms with Crippen LogP contribution in [-0.2, 0) is 9.53 Å². The number of benzene rings is 1. The van der Waals surface area contributed by atoms with Crippen molar-refractivity contribution in [2.75, 3.05) is 7.11 Å². The summed E-state index contributed by atoms with van der Waals surface area (Å²) in [6.45, 7) is 3.48. The van der Waals surface area contributed by atoms with Crippen LogP contribution in [0.3, 0.4) is 0 Å². The molecule has 1 N–H and O–H groups in total. The van der Waals surface area contributed by atoms with E-state index in [4.69, 9.17) is 0 Å². The molecule has 0 bridgehead atoms. The average Bonchev–Trinajstić information content (AvgIpc) is 2.34. The van der Waals surface area contributed by atoms with Gasteiger partial charge in [0, 0.05) is 10.3 Å². The van der Waals surface area contributed by atoms with Gasteiger partial charge in [0.15, 0.2) is 0 Å². The van der Waals surface area contributed by atoms with Crippen LogP contribution in [-0.4, -0.2) is 29.8 Å². The quantitative estimate of drug-likeness (QED) is 0.644. The van der Waals surface area contributed by atoms with Crippen molar-refractivity contribution < 1.29 is 14.3 Å². The third-order valence-electron chi connectivity index (χ3n) is 2.45. The van der Waals surface area contributed by atoms with E-state index >= 15 is 0 Å². The van der Waals surface area contributed by atoms with Crippen LogP contribution >= 0.6 is 12.6 Å².